The molecule has 0 bridgehead atoms. The van der Waals surface area contributed by atoms with Crippen LogP contribution in [0.3, 0.4) is 0 Å². The Balaban J connectivity index is 0.00000149. The molecule has 18 rings (SSSR count). The van der Waals surface area contributed by atoms with Gasteiger partial charge in [0.05, 0.1) is 28.1 Å². The van der Waals surface area contributed by atoms with E-state index >= 15 is 0 Å². The Bertz CT molecular complexity index is 5500. The standard InChI is InChI=1S/C18H18N2.3C17H16N.C16H18N2.C12H16N2.13C2H6/c1-12-7-6-10-16-14-8-4-5-9-15(14)17-11-19(3)13(2)20(17)18(12)16;1-13-7-3-6-10-16(13)17-11-14-8-4-5-9-15(14)12-18(17)2;1-13-7-3-5-9-15(13)17-16-10-6-4-8-14(16)11-12-18(17)2;1-13-7-3-5-9-15(13)17-12-11-14-8-4-6-10-16(14)18(17)2;1-12-8-4-5-9-14(12)18-13(2)17(3)15-10-6-7-11-16(15)18;1-10-6-4-5-7-12(10)14-9-8-13(3)11(14)2;13*1-2/h4-11,13H,1-3H3;3*3-12H,1-2H3;4-11,13H,1-3H3;4-9,11H,1-3H3;13*1-2H3/q;3*+1;;;;;;;;;;;;;;;/t13-;;;;13-;11-;;;;;;;;;;;;;/m0...00............./s1. The van der Waals surface area contributed by atoms with Crippen LogP contribution in [-0.2, 0) is 21.1 Å². The maximum Gasteiger partial charge on any atom is 0.220 e. The third-order valence-corrected chi connectivity index (χ3v) is 21.6. The van der Waals surface area contributed by atoms with Crippen LogP contribution in [0.2, 0.25) is 0 Å². The van der Waals surface area contributed by atoms with Crippen LogP contribution in [-0.4, -0.2) is 49.4 Å². The third kappa shape index (κ3) is 31.3. The summed E-state index contributed by atoms with van der Waals surface area (Å²) < 4.78 is 6.66. The van der Waals surface area contributed by atoms with Gasteiger partial charge in [-0.3, -0.25) is 0 Å². The molecule has 9 heteroatoms. The van der Waals surface area contributed by atoms with Crippen LogP contribution in [0.4, 0.5) is 28.4 Å². The van der Waals surface area contributed by atoms with E-state index in [9.17, 15) is 0 Å². The lowest BCUT2D eigenvalue weighted by Gasteiger charge is -2.36. The second-order valence-corrected chi connectivity index (χ2v) is 28.4. The molecule has 3 atom stereocenters. The first-order valence-corrected chi connectivity index (χ1v) is 50.0. The van der Waals surface area contributed by atoms with Gasteiger partial charge in [-0.1, -0.05) is 374 Å². The van der Waals surface area contributed by atoms with Crippen LogP contribution in [0.1, 0.15) is 240 Å². The Morgan fingerprint density at radius 2 is 0.659 bits per heavy atom. The molecule has 14 aromatic rings. The minimum absolute atomic E-state index is 0.350. The Labute approximate surface area is 807 Å². The lowest BCUT2D eigenvalue weighted by molar-refractivity contribution is -0.659. The zero-order valence-corrected chi connectivity index (χ0v) is 90.3. The zero-order chi connectivity index (χ0) is 100. The lowest BCUT2D eigenvalue weighted by atomic mass is 9.90. The van der Waals surface area contributed by atoms with Gasteiger partial charge in [-0.25, -0.2) is 9.13 Å². The topological polar surface area (TPSA) is 31.1 Å². The molecule has 11 aromatic carbocycles. The van der Waals surface area contributed by atoms with E-state index in [4.69, 9.17) is 0 Å². The van der Waals surface area contributed by atoms with Crippen LogP contribution in [0, 0.1) is 41.5 Å². The first-order chi connectivity index (χ1) is 64.4. The Hall–Kier alpha value is -12.1. The van der Waals surface area contributed by atoms with Gasteiger partial charge in [0.1, 0.15) is 39.6 Å². The smallest absolute Gasteiger partial charge is 0.220 e. The lowest BCUT2D eigenvalue weighted by Crippen LogP contribution is -2.36. The number of pyridine rings is 3. The van der Waals surface area contributed by atoms with Crippen molar-refractivity contribution < 1.29 is 13.7 Å². The Morgan fingerprint density at radius 1 is 0.265 bits per heavy atom. The van der Waals surface area contributed by atoms with E-state index in [-0.39, 0.29) is 0 Å². The highest BCUT2D eigenvalue weighted by Crippen LogP contribution is 2.50. The predicted octanol–water partition coefficient (Wildman–Crippen LogP) is 34.8. The number of anilines is 5. The number of hydrogen-bond donors (Lipinski definition) is 0. The largest absolute Gasteiger partial charge is 0.359 e. The normalized spacial score (nSPS) is 12.6. The van der Waals surface area contributed by atoms with Gasteiger partial charge < -0.3 is 29.4 Å². The monoisotopic (exact) mass is 1780 g/mol. The van der Waals surface area contributed by atoms with Crippen LogP contribution in [0.25, 0.3) is 83.0 Å². The molecular weight excluding hydrogens is 1600 g/mol. The molecule has 9 nitrogen and oxygen atoms in total. The molecule has 0 N–H and O–H groups in total. The first kappa shape index (κ1) is 120. The second kappa shape index (κ2) is 67.2. The highest BCUT2D eigenvalue weighted by atomic mass is 15.4. The summed E-state index contributed by atoms with van der Waals surface area (Å²) in [6.45, 7) is 71.7. The highest BCUT2D eigenvalue weighted by molar-refractivity contribution is 6.01. The molecule has 0 amide bonds. The molecule has 132 heavy (non-hydrogen) atoms. The molecule has 0 unspecified atom stereocenters. The number of rotatable bonds is 5. The average Bonchev–Trinajstić information content (AvgIpc) is 1.54. The number of hydrogen-bond acceptors (Lipinski definition) is 6. The van der Waals surface area contributed by atoms with Gasteiger partial charge in [0.25, 0.3) is 0 Å². The molecule has 0 spiro atoms. The number of fused-ring (bicyclic) bond motifs is 10. The van der Waals surface area contributed by atoms with Crippen molar-refractivity contribution in [2.75, 3.05) is 40.7 Å². The van der Waals surface area contributed by atoms with Gasteiger partial charge in [0, 0.05) is 114 Å². The molecule has 7 heterocycles. The van der Waals surface area contributed by atoms with Crippen molar-refractivity contribution in [2.45, 2.75) is 261 Å². The number of aryl methyl sites for hydroxylation is 9. The summed E-state index contributed by atoms with van der Waals surface area (Å²) >= 11 is 0. The minimum atomic E-state index is 0.350. The van der Waals surface area contributed by atoms with Crippen LogP contribution in [0.5, 0.6) is 0 Å². The molecule has 3 aromatic heterocycles. The van der Waals surface area contributed by atoms with Crippen molar-refractivity contribution in [3.63, 3.8) is 0 Å². The van der Waals surface area contributed by atoms with Crippen molar-refractivity contribution in [3.05, 3.63) is 355 Å². The van der Waals surface area contributed by atoms with Crippen LogP contribution < -0.4 is 33.3 Å². The van der Waals surface area contributed by atoms with Gasteiger partial charge in [0.2, 0.25) is 22.6 Å². The summed E-state index contributed by atoms with van der Waals surface area (Å²) in [5, 5.41) is 6.43. The fourth-order valence-corrected chi connectivity index (χ4v) is 15.2. The van der Waals surface area contributed by atoms with E-state index in [1.807, 2.05) is 180 Å². The van der Waals surface area contributed by atoms with Crippen molar-refractivity contribution in [1.29, 1.82) is 0 Å². The van der Waals surface area contributed by atoms with Crippen LogP contribution >= 0.6 is 0 Å². The van der Waals surface area contributed by atoms with Gasteiger partial charge in [-0.2, -0.15) is 4.57 Å². The predicted molar refractivity (Wildman–Crippen MR) is 595 cm³/mol. The van der Waals surface area contributed by atoms with Crippen molar-refractivity contribution in [3.8, 4) is 44.9 Å². The molecular formula is C123H178N9+3. The highest BCUT2D eigenvalue weighted by Gasteiger charge is 2.36. The second-order valence-electron chi connectivity index (χ2n) is 28.4. The number of aromatic nitrogens is 3. The minimum Gasteiger partial charge on any atom is -0.359 e. The Kier molecular flexibility index (Phi) is 61.0. The van der Waals surface area contributed by atoms with E-state index < -0.39 is 0 Å². The Morgan fingerprint density at radius 3 is 1.16 bits per heavy atom. The summed E-state index contributed by atoms with van der Waals surface area (Å²) in [6, 6.07) is 101. The third-order valence-electron chi connectivity index (χ3n) is 21.6. The molecule has 0 radical (unpaired) electrons. The van der Waals surface area contributed by atoms with Gasteiger partial charge in [-0.15, -0.1) is 0 Å². The average molecular weight is 1780 g/mol. The maximum absolute atomic E-state index is 2.47. The fourth-order valence-electron chi connectivity index (χ4n) is 15.2. The molecule has 0 saturated heterocycles. The number of nitrogens with zero attached hydrogens (tertiary/aromatic N) is 9. The maximum atomic E-state index is 2.47. The fraction of sp³-hybridized carbons (Fsp3) is 0.358. The van der Waals surface area contributed by atoms with Crippen molar-refractivity contribution in [2.24, 2.45) is 21.1 Å². The molecule has 0 saturated carbocycles. The van der Waals surface area contributed by atoms with Crippen molar-refractivity contribution >= 4 is 66.6 Å². The van der Waals surface area contributed by atoms with E-state index in [1.165, 1.54) is 150 Å². The van der Waals surface area contributed by atoms with E-state index in [2.05, 4.69) is 464 Å². The molecule has 4 aliphatic rings. The SMILES string of the molecule is CC.CC.CC.CC.CC.CC.CC.CC.CC.CC.CC.CC.CC.Cc1cccc2c1N1C(=CN(C)[C@@H]1C)c1ccccc1-2.Cc1ccccc1-c1c2ccccc2cc[n+]1C.Cc1ccccc1-c1cc2ccccc2c[n+]1C.Cc1ccccc1-c1ccc2ccccc2[n+]1C.Cc1ccccc1N1C=CN(C)[C@@H]1C.Cc1ccccc1N1c2ccccc2N(C)[C@@H]1C. The number of benzene rings is 11. The van der Waals surface area contributed by atoms with E-state index in [1.54, 1.807) is 0 Å². The van der Waals surface area contributed by atoms with Gasteiger partial charge in [-0.05, 0) is 179 Å². The summed E-state index contributed by atoms with van der Waals surface area (Å²) in [7, 11) is 12.7. The number of para-hydroxylation sites is 6. The summed E-state index contributed by atoms with van der Waals surface area (Å²) in [5.74, 6) is 0. The zero-order valence-electron chi connectivity index (χ0n) is 90.3. The summed E-state index contributed by atoms with van der Waals surface area (Å²) in [5.41, 5.74) is 28.7. The summed E-state index contributed by atoms with van der Waals surface area (Å²) in [4.78, 5) is 14.0. The van der Waals surface area contributed by atoms with Crippen molar-refractivity contribution in [1.82, 2.24) is 9.80 Å². The molecule has 0 aliphatic carbocycles. The summed E-state index contributed by atoms with van der Waals surface area (Å²) in [6.07, 6.45) is 11.9. The van der Waals surface area contributed by atoms with Gasteiger partial charge in [0.15, 0.2) is 12.4 Å². The first-order valence-electron chi connectivity index (χ1n) is 50.0. The van der Waals surface area contributed by atoms with E-state index in [0.29, 0.717) is 18.5 Å². The van der Waals surface area contributed by atoms with Crippen LogP contribution in [0.15, 0.2) is 316 Å². The van der Waals surface area contributed by atoms with E-state index in [0.717, 1.165) is 0 Å². The molecule has 4 aliphatic heterocycles. The van der Waals surface area contributed by atoms with Gasteiger partial charge >= 0.3 is 0 Å². The molecule has 712 valence electrons. The quantitative estimate of drug-likeness (QED) is 0.160. The molecule has 0 fully saturated rings.